The number of imide groups is 2. The highest BCUT2D eigenvalue weighted by molar-refractivity contribution is 7.16. The summed E-state index contributed by atoms with van der Waals surface area (Å²) < 4.78 is 0. The number of hydrazine groups is 1. The van der Waals surface area contributed by atoms with Crippen molar-refractivity contribution in [3.05, 3.63) is 58.4 Å². The first-order valence-electron chi connectivity index (χ1n) is 11.5. The molecule has 5 amide bonds. The van der Waals surface area contributed by atoms with E-state index in [1.807, 2.05) is 23.7 Å². The molecule has 0 radical (unpaired) electrons. The first-order chi connectivity index (χ1) is 17.0. The van der Waals surface area contributed by atoms with Crippen molar-refractivity contribution < 1.29 is 19.2 Å². The van der Waals surface area contributed by atoms with E-state index in [0.29, 0.717) is 12.5 Å². The molecule has 5 heterocycles. The van der Waals surface area contributed by atoms with Crippen LogP contribution < -0.4 is 5.32 Å². The standard InChI is InChI=1S/C24H22N6O4S/c31-19-5-9-29(24(34)26-19)30-22(32)17-2-1-14(11-18(17)23(30)33)13-28-7-3-15(4-8-28)20-25-12-16-6-10-35-21(16)27-20/h1-2,6,10-12,15H,3-5,7-9,13H2,(H,26,31,34). The molecular formula is C24H22N6O4S. The minimum absolute atomic E-state index is 0.0128. The van der Waals surface area contributed by atoms with E-state index in [0.717, 1.165) is 57.6 Å². The van der Waals surface area contributed by atoms with Crippen LogP contribution in [0.15, 0.2) is 35.8 Å². The van der Waals surface area contributed by atoms with Gasteiger partial charge in [-0.05, 0) is 55.1 Å². The predicted octanol–water partition coefficient (Wildman–Crippen LogP) is 2.52. The number of hydrogen-bond donors (Lipinski definition) is 1. The summed E-state index contributed by atoms with van der Waals surface area (Å²) in [6.07, 6.45) is 3.84. The number of nitrogens with one attached hydrogen (secondary N) is 1. The largest absolute Gasteiger partial charge is 0.343 e. The Bertz CT molecular complexity index is 1380. The van der Waals surface area contributed by atoms with Crippen molar-refractivity contribution in [3.63, 3.8) is 0 Å². The van der Waals surface area contributed by atoms with Crippen LogP contribution in [0, 0.1) is 0 Å². The van der Waals surface area contributed by atoms with Crippen molar-refractivity contribution in [1.29, 1.82) is 0 Å². The monoisotopic (exact) mass is 490 g/mol. The number of rotatable bonds is 4. The van der Waals surface area contributed by atoms with Gasteiger partial charge in [0.25, 0.3) is 11.8 Å². The Morgan fingerprint density at radius 2 is 1.80 bits per heavy atom. The molecule has 0 aliphatic carbocycles. The molecule has 2 aromatic heterocycles. The lowest BCUT2D eigenvalue weighted by Crippen LogP contribution is -2.58. The van der Waals surface area contributed by atoms with Crippen LogP contribution in [-0.4, -0.2) is 68.3 Å². The van der Waals surface area contributed by atoms with E-state index in [2.05, 4.69) is 15.2 Å². The highest BCUT2D eigenvalue weighted by atomic mass is 32.1. The summed E-state index contributed by atoms with van der Waals surface area (Å²) in [6, 6.07) is 6.51. The second-order valence-corrected chi connectivity index (χ2v) is 9.88. The number of nitrogens with zero attached hydrogens (tertiary/aromatic N) is 5. The number of thiophene rings is 1. The molecule has 0 unspecified atom stereocenters. The van der Waals surface area contributed by atoms with Crippen LogP contribution in [-0.2, 0) is 11.3 Å². The van der Waals surface area contributed by atoms with E-state index >= 15 is 0 Å². The number of piperidine rings is 1. The van der Waals surface area contributed by atoms with Gasteiger partial charge in [0.15, 0.2) is 0 Å². The van der Waals surface area contributed by atoms with Crippen molar-refractivity contribution in [3.8, 4) is 0 Å². The fourth-order valence-corrected chi connectivity index (χ4v) is 5.66. The van der Waals surface area contributed by atoms with E-state index in [-0.39, 0.29) is 24.1 Å². The van der Waals surface area contributed by atoms with Crippen LogP contribution in [0.4, 0.5) is 4.79 Å². The Morgan fingerprint density at radius 1 is 1.00 bits per heavy atom. The Balaban J connectivity index is 1.12. The third-order valence-electron chi connectivity index (χ3n) is 6.79. The summed E-state index contributed by atoms with van der Waals surface area (Å²) in [5.74, 6) is -0.286. The highest BCUT2D eigenvalue weighted by Gasteiger charge is 2.43. The number of urea groups is 1. The Labute approximate surface area is 204 Å². The summed E-state index contributed by atoms with van der Waals surface area (Å²) in [7, 11) is 0. The third-order valence-corrected chi connectivity index (χ3v) is 7.61. The predicted molar refractivity (Wildman–Crippen MR) is 126 cm³/mol. The van der Waals surface area contributed by atoms with E-state index in [9.17, 15) is 19.2 Å². The molecule has 3 aliphatic heterocycles. The molecule has 0 atom stereocenters. The van der Waals surface area contributed by atoms with Crippen LogP contribution in [0.5, 0.6) is 0 Å². The molecule has 11 heteroatoms. The molecule has 0 bridgehead atoms. The number of amides is 5. The molecule has 2 fully saturated rings. The number of benzene rings is 1. The second kappa shape index (κ2) is 8.51. The Morgan fingerprint density at radius 3 is 2.60 bits per heavy atom. The zero-order valence-electron chi connectivity index (χ0n) is 18.8. The number of likely N-dealkylation sites (tertiary alicyclic amines) is 1. The maximum absolute atomic E-state index is 13.0. The number of carbonyl (C=O) groups is 4. The maximum Gasteiger partial charge on any atom is 0.343 e. The number of fused-ring (bicyclic) bond motifs is 2. The SMILES string of the molecule is O=C1CCN(N2C(=O)c3ccc(CN4CCC(c5ncc6ccsc6n5)CC4)cc3C2=O)C(=O)N1. The molecule has 3 aromatic rings. The first kappa shape index (κ1) is 21.8. The highest BCUT2D eigenvalue weighted by Crippen LogP contribution is 2.30. The molecule has 1 N–H and O–H groups in total. The lowest BCUT2D eigenvalue weighted by atomic mass is 9.95. The van der Waals surface area contributed by atoms with Gasteiger partial charge >= 0.3 is 6.03 Å². The Kier molecular flexibility index (Phi) is 5.30. The summed E-state index contributed by atoms with van der Waals surface area (Å²) in [5, 5.41) is 7.10. The third kappa shape index (κ3) is 3.86. The van der Waals surface area contributed by atoms with Gasteiger partial charge in [-0.1, -0.05) is 6.07 Å². The molecule has 0 spiro atoms. The number of hydrogen-bond acceptors (Lipinski definition) is 8. The quantitative estimate of drug-likeness (QED) is 0.559. The zero-order valence-corrected chi connectivity index (χ0v) is 19.6. The molecular weight excluding hydrogens is 468 g/mol. The van der Waals surface area contributed by atoms with Gasteiger partial charge < -0.3 is 0 Å². The van der Waals surface area contributed by atoms with Gasteiger partial charge in [-0.15, -0.1) is 11.3 Å². The number of carbonyl (C=O) groups excluding carboxylic acids is 4. The molecule has 0 saturated carbocycles. The summed E-state index contributed by atoms with van der Waals surface area (Å²) in [4.78, 5) is 62.1. The average molecular weight is 491 g/mol. The topological polar surface area (TPSA) is 116 Å². The maximum atomic E-state index is 13.0. The van der Waals surface area contributed by atoms with Crippen molar-refractivity contribution in [2.75, 3.05) is 19.6 Å². The van der Waals surface area contributed by atoms with Crippen LogP contribution in [0.2, 0.25) is 0 Å². The smallest absolute Gasteiger partial charge is 0.299 e. The Hall–Kier alpha value is -3.70. The lowest BCUT2D eigenvalue weighted by Gasteiger charge is -2.32. The van der Waals surface area contributed by atoms with Crippen molar-refractivity contribution in [2.45, 2.75) is 31.7 Å². The second-order valence-electron chi connectivity index (χ2n) is 8.99. The van der Waals surface area contributed by atoms with Gasteiger partial charge in [0, 0.05) is 30.5 Å². The summed E-state index contributed by atoms with van der Waals surface area (Å²) >= 11 is 1.63. The van der Waals surface area contributed by atoms with E-state index in [1.165, 1.54) is 0 Å². The lowest BCUT2D eigenvalue weighted by molar-refractivity contribution is -0.122. The van der Waals surface area contributed by atoms with Gasteiger partial charge in [-0.25, -0.2) is 19.8 Å². The average Bonchev–Trinajstić information content (AvgIpc) is 3.42. The fraction of sp³-hybridized carbons (Fsp3) is 0.333. The first-order valence-corrected chi connectivity index (χ1v) is 12.4. The van der Waals surface area contributed by atoms with Gasteiger partial charge in [0.05, 0.1) is 17.7 Å². The molecule has 6 rings (SSSR count). The molecule has 3 aliphatic rings. The van der Waals surface area contributed by atoms with Crippen molar-refractivity contribution in [2.24, 2.45) is 0 Å². The molecule has 10 nitrogen and oxygen atoms in total. The van der Waals surface area contributed by atoms with Crippen LogP contribution >= 0.6 is 11.3 Å². The molecule has 35 heavy (non-hydrogen) atoms. The van der Waals surface area contributed by atoms with Gasteiger partial charge in [-0.3, -0.25) is 24.6 Å². The van der Waals surface area contributed by atoms with Crippen LogP contribution in [0.3, 0.4) is 0 Å². The number of aromatic nitrogens is 2. The van der Waals surface area contributed by atoms with Gasteiger partial charge in [0.1, 0.15) is 10.7 Å². The van der Waals surface area contributed by atoms with Crippen molar-refractivity contribution >= 4 is 45.3 Å². The minimum atomic E-state index is -0.763. The summed E-state index contributed by atoms with van der Waals surface area (Å²) in [5.41, 5.74) is 1.48. The van der Waals surface area contributed by atoms with Crippen molar-refractivity contribution in [1.82, 2.24) is 30.2 Å². The molecule has 1 aromatic carbocycles. The van der Waals surface area contributed by atoms with Gasteiger partial charge in [-0.2, -0.15) is 5.01 Å². The summed E-state index contributed by atoms with van der Waals surface area (Å²) in [6.45, 7) is 2.41. The normalized spacial score (nSPS) is 19.5. The van der Waals surface area contributed by atoms with Gasteiger partial charge in [0.2, 0.25) is 5.91 Å². The fourth-order valence-electron chi connectivity index (χ4n) is 4.91. The molecule has 178 valence electrons. The van der Waals surface area contributed by atoms with E-state index < -0.39 is 23.8 Å². The van der Waals surface area contributed by atoms with Crippen LogP contribution in [0.25, 0.3) is 10.2 Å². The van der Waals surface area contributed by atoms with E-state index in [1.54, 1.807) is 23.5 Å². The zero-order chi connectivity index (χ0) is 24.1. The van der Waals surface area contributed by atoms with E-state index in [4.69, 9.17) is 4.98 Å². The minimum Gasteiger partial charge on any atom is -0.299 e. The van der Waals surface area contributed by atoms with Crippen LogP contribution in [0.1, 0.15) is 57.3 Å². The molecule has 2 saturated heterocycles.